The summed E-state index contributed by atoms with van der Waals surface area (Å²) >= 11 is 0. The monoisotopic (exact) mass is 427 g/mol. The second kappa shape index (κ2) is 11.4. The van der Waals surface area contributed by atoms with Gasteiger partial charge in [0.15, 0.2) is 0 Å². The van der Waals surface area contributed by atoms with Gasteiger partial charge in [-0.1, -0.05) is 97.1 Å². The molecule has 0 N–H and O–H groups in total. The lowest BCUT2D eigenvalue weighted by Gasteiger charge is -2.30. The van der Waals surface area contributed by atoms with Gasteiger partial charge in [0.2, 0.25) is 0 Å². The first-order chi connectivity index (χ1) is 15.4. The smallest absolute Gasteiger partial charge is 0.330 e. The Hall–Kier alpha value is -3.17. The predicted molar refractivity (Wildman–Crippen MR) is 131 cm³/mol. The fourth-order valence-electron chi connectivity index (χ4n) is 3.63. The maximum atomic E-state index is 12.4. The van der Waals surface area contributed by atoms with E-state index >= 15 is 0 Å². The van der Waals surface area contributed by atoms with E-state index in [2.05, 4.69) is 77.7 Å². The van der Waals surface area contributed by atoms with Gasteiger partial charge in [0.1, 0.15) is 5.60 Å². The number of esters is 1. The van der Waals surface area contributed by atoms with Crippen molar-refractivity contribution in [2.45, 2.75) is 51.9 Å². The van der Waals surface area contributed by atoms with Crippen LogP contribution in [0.25, 0.3) is 0 Å². The first-order valence-corrected chi connectivity index (χ1v) is 11.2. The summed E-state index contributed by atoms with van der Waals surface area (Å²) in [5, 5.41) is 0. The first-order valence-electron chi connectivity index (χ1n) is 11.2. The lowest BCUT2D eigenvalue weighted by Crippen LogP contribution is -2.35. The van der Waals surface area contributed by atoms with Gasteiger partial charge in [-0.15, -0.1) is 0 Å². The predicted octanol–water partition coefficient (Wildman–Crippen LogP) is 6.20. The molecule has 0 saturated heterocycles. The molecule has 0 aliphatic carbocycles. The quantitative estimate of drug-likeness (QED) is 0.301. The number of carbonyl (C=O) groups is 1. The largest absolute Gasteiger partial charge is 0.457 e. The van der Waals surface area contributed by atoms with E-state index in [1.165, 1.54) is 16.7 Å². The zero-order valence-electron chi connectivity index (χ0n) is 19.3. The van der Waals surface area contributed by atoms with E-state index < -0.39 is 5.60 Å². The van der Waals surface area contributed by atoms with Crippen LogP contribution in [0.3, 0.4) is 0 Å². The molecule has 0 aliphatic heterocycles. The highest BCUT2D eigenvalue weighted by molar-refractivity contribution is 5.82. The van der Waals surface area contributed by atoms with E-state index in [4.69, 9.17) is 4.74 Å². The topological polar surface area (TPSA) is 29.5 Å². The molecule has 166 valence electrons. The molecule has 3 nitrogen and oxygen atoms in total. The highest BCUT2D eigenvalue weighted by Crippen LogP contribution is 2.18. The molecular formula is C29H33NO2. The van der Waals surface area contributed by atoms with Crippen LogP contribution in [-0.4, -0.2) is 22.5 Å². The van der Waals surface area contributed by atoms with Crippen molar-refractivity contribution in [1.29, 1.82) is 0 Å². The summed E-state index contributed by atoms with van der Waals surface area (Å²) < 4.78 is 5.51. The van der Waals surface area contributed by atoms with Gasteiger partial charge in [-0.05, 0) is 43.9 Å². The second-order valence-corrected chi connectivity index (χ2v) is 9.03. The summed E-state index contributed by atoms with van der Waals surface area (Å²) in [6.07, 6.45) is 4.38. The molecule has 0 fully saturated rings. The van der Waals surface area contributed by atoms with Gasteiger partial charge >= 0.3 is 5.97 Å². The lowest BCUT2D eigenvalue weighted by molar-refractivity contribution is -0.148. The molecule has 3 heteroatoms. The van der Waals surface area contributed by atoms with Crippen molar-refractivity contribution in [2.75, 3.05) is 0 Å². The van der Waals surface area contributed by atoms with Gasteiger partial charge < -0.3 is 4.74 Å². The molecule has 0 amide bonds. The van der Waals surface area contributed by atoms with Crippen LogP contribution in [0.2, 0.25) is 0 Å². The molecular weight excluding hydrogens is 394 g/mol. The van der Waals surface area contributed by atoms with Crippen molar-refractivity contribution in [2.24, 2.45) is 0 Å². The number of nitrogens with zero attached hydrogens (tertiary/aromatic N) is 1. The van der Waals surface area contributed by atoms with E-state index in [1.807, 2.05) is 45.0 Å². The Bertz CT molecular complexity index is 934. The molecule has 0 saturated carbocycles. The maximum Gasteiger partial charge on any atom is 0.330 e. The van der Waals surface area contributed by atoms with Gasteiger partial charge in [0, 0.05) is 25.2 Å². The minimum absolute atomic E-state index is 0.0327. The normalized spacial score (nSPS) is 12.8. The fraction of sp³-hybridized carbons (Fsp3) is 0.276. The fourth-order valence-corrected chi connectivity index (χ4v) is 3.63. The van der Waals surface area contributed by atoms with Crippen molar-refractivity contribution < 1.29 is 9.53 Å². The Labute approximate surface area is 192 Å². The van der Waals surface area contributed by atoms with Crippen molar-refractivity contribution in [3.05, 3.63) is 120 Å². The van der Waals surface area contributed by atoms with E-state index in [0.717, 1.165) is 19.5 Å². The molecule has 1 unspecified atom stereocenters. The van der Waals surface area contributed by atoms with Crippen LogP contribution in [0, 0.1) is 0 Å². The average molecular weight is 428 g/mol. The third-order valence-corrected chi connectivity index (χ3v) is 5.07. The number of hydrogen-bond donors (Lipinski definition) is 0. The van der Waals surface area contributed by atoms with E-state index in [9.17, 15) is 4.79 Å². The molecule has 1 atom stereocenters. The van der Waals surface area contributed by atoms with E-state index in [-0.39, 0.29) is 12.0 Å². The van der Waals surface area contributed by atoms with Gasteiger partial charge in [-0.3, -0.25) is 4.90 Å². The summed E-state index contributed by atoms with van der Waals surface area (Å²) in [5.41, 5.74) is 3.21. The molecule has 3 rings (SSSR count). The second-order valence-electron chi connectivity index (χ2n) is 9.03. The molecule has 32 heavy (non-hydrogen) atoms. The Balaban J connectivity index is 1.89. The molecule has 3 aromatic rings. The number of carbonyl (C=O) groups excluding carboxylic acids is 1. The summed E-state index contributed by atoms with van der Waals surface area (Å²) in [6, 6.07) is 31.4. The number of rotatable bonds is 9. The SMILES string of the molecule is CC(C)(C)OC(=O)/C=C/C(Cc1ccccc1)N(Cc1ccccc1)Cc1ccccc1. The highest BCUT2D eigenvalue weighted by atomic mass is 16.6. The number of ether oxygens (including phenoxy) is 1. The summed E-state index contributed by atoms with van der Waals surface area (Å²) in [7, 11) is 0. The molecule has 0 heterocycles. The zero-order valence-corrected chi connectivity index (χ0v) is 19.3. The Morgan fingerprint density at radius 3 is 1.66 bits per heavy atom. The maximum absolute atomic E-state index is 12.4. The van der Waals surface area contributed by atoms with E-state index in [1.54, 1.807) is 6.08 Å². The molecule has 0 bridgehead atoms. The summed E-state index contributed by atoms with van der Waals surface area (Å²) in [4.78, 5) is 14.8. The van der Waals surface area contributed by atoms with Crippen molar-refractivity contribution in [3.63, 3.8) is 0 Å². The van der Waals surface area contributed by atoms with Crippen LogP contribution in [0.15, 0.2) is 103 Å². The summed E-state index contributed by atoms with van der Waals surface area (Å²) in [6.45, 7) is 7.23. The summed E-state index contributed by atoms with van der Waals surface area (Å²) in [5.74, 6) is -0.310. The van der Waals surface area contributed by atoms with E-state index in [0.29, 0.717) is 0 Å². The van der Waals surface area contributed by atoms with Crippen LogP contribution in [0.4, 0.5) is 0 Å². The number of hydrogen-bond acceptors (Lipinski definition) is 3. The highest BCUT2D eigenvalue weighted by Gasteiger charge is 2.19. The van der Waals surface area contributed by atoms with Crippen LogP contribution < -0.4 is 0 Å². The van der Waals surface area contributed by atoms with Gasteiger partial charge in [-0.2, -0.15) is 0 Å². The van der Waals surface area contributed by atoms with Gasteiger partial charge in [-0.25, -0.2) is 4.79 Å². The first kappa shape index (κ1) is 23.5. The van der Waals surface area contributed by atoms with Crippen LogP contribution in [-0.2, 0) is 29.0 Å². The standard InChI is InChI=1S/C29H33NO2/c1-29(2,3)32-28(31)20-19-27(21-24-13-7-4-8-14-24)30(22-25-15-9-5-10-16-25)23-26-17-11-6-12-18-26/h4-20,27H,21-23H2,1-3H3/b20-19+. The Morgan fingerprint density at radius 2 is 1.22 bits per heavy atom. The molecule has 0 aliphatic rings. The van der Waals surface area contributed by atoms with Gasteiger partial charge in [0.25, 0.3) is 0 Å². The minimum atomic E-state index is -0.510. The van der Waals surface area contributed by atoms with Crippen LogP contribution in [0.5, 0.6) is 0 Å². The average Bonchev–Trinajstić information content (AvgIpc) is 2.77. The zero-order chi connectivity index (χ0) is 22.8. The molecule has 0 spiro atoms. The molecule has 0 radical (unpaired) electrons. The Morgan fingerprint density at radius 1 is 0.781 bits per heavy atom. The van der Waals surface area contributed by atoms with Crippen LogP contribution >= 0.6 is 0 Å². The van der Waals surface area contributed by atoms with Crippen molar-refractivity contribution >= 4 is 5.97 Å². The van der Waals surface area contributed by atoms with Crippen molar-refractivity contribution in [1.82, 2.24) is 4.90 Å². The lowest BCUT2D eigenvalue weighted by atomic mass is 10.0. The Kier molecular flexibility index (Phi) is 8.41. The van der Waals surface area contributed by atoms with Crippen LogP contribution in [0.1, 0.15) is 37.5 Å². The van der Waals surface area contributed by atoms with Crippen molar-refractivity contribution in [3.8, 4) is 0 Å². The molecule has 3 aromatic carbocycles. The number of benzene rings is 3. The third kappa shape index (κ3) is 8.16. The molecule has 0 aromatic heterocycles. The minimum Gasteiger partial charge on any atom is -0.457 e. The third-order valence-electron chi connectivity index (χ3n) is 5.07. The van der Waals surface area contributed by atoms with Gasteiger partial charge in [0.05, 0.1) is 0 Å².